The number of nitrogens with one attached hydrogen (secondary N) is 2. The van der Waals surface area contributed by atoms with Crippen LogP contribution in [0.25, 0.3) is 11.2 Å². The normalized spacial score (nSPS) is 10.7. The monoisotopic (exact) mass is 256 g/mol. The maximum absolute atomic E-state index is 9.40. The first-order valence-electron chi connectivity index (χ1n) is 5.71. The van der Waals surface area contributed by atoms with Crippen LogP contribution in [0.4, 0.5) is 11.8 Å². The molecule has 96 valence electrons. The molecular formula is C12H12N6O. The highest BCUT2D eigenvalue weighted by Crippen LogP contribution is 2.19. The van der Waals surface area contributed by atoms with Crippen molar-refractivity contribution in [3.63, 3.8) is 0 Å². The first kappa shape index (κ1) is 11.3. The summed E-state index contributed by atoms with van der Waals surface area (Å²) in [7, 11) is 0. The number of H-pyrrole nitrogens is 1. The number of hydrogen-bond acceptors (Lipinski definition) is 6. The van der Waals surface area contributed by atoms with Crippen molar-refractivity contribution in [3.05, 3.63) is 36.2 Å². The fourth-order valence-corrected chi connectivity index (χ4v) is 1.83. The Bertz CT molecular complexity index is 723. The van der Waals surface area contributed by atoms with Crippen LogP contribution in [0, 0.1) is 0 Å². The molecule has 5 N–H and O–H groups in total. The van der Waals surface area contributed by atoms with Gasteiger partial charge in [-0.25, -0.2) is 4.98 Å². The Morgan fingerprint density at radius 3 is 3.05 bits per heavy atom. The molecule has 2 aromatic heterocycles. The van der Waals surface area contributed by atoms with Gasteiger partial charge in [0.25, 0.3) is 0 Å². The largest absolute Gasteiger partial charge is 0.508 e. The molecule has 7 nitrogen and oxygen atoms in total. The van der Waals surface area contributed by atoms with Crippen molar-refractivity contribution in [1.29, 1.82) is 0 Å². The van der Waals surface area contributed by atoms with Crippen LogP contribution in [0.2, 0.25) is 0 Å². The fourth-order valence-electron chi connectivity index (χ4n) is 1.83. The van der Waals surface area contributed by atoms with E-state index in [1.807, 2.05) is 6.07 Å². The van der Waals surface area contributed by atoms with E-state index in [2.05, 4.69) is 25.3 Å². The highest BCUT2D eigenvalue weighted by molar-refractivity contribution is 5.83. The number of fused-ring (bicyclic) bond motifs is 1. The fraction of sp³-hybridized carbons (Fsp3) is 0.0833. The molecule has 0 aliphatic heterocycles. The second-order valence-corrected chi connectivity index (χ2v) is 4.06. The number of nitrogens with two attached hydrogens (primary N) is 1. The molecule has 0 unspecified atom stereocenters. The third-order valence-electron chi connectivity index (χ3n) is 2.67. The summed E-state index contributed by atoms with van der Waals surface area (Å²) < 4.78 is 0. The Morgan fingerprint density at radius 2 is 2.21 bits per heavy atom. The molecule has 0 spiro atoms. The topological polar surface area (TPSA) is 113 Å². The smallest absolute Gasteiger partial charge is 0.224 e. The van der Waals surface area contributed by atoms with Crippen LogP contribution in [-0.4, -0.2) is 25.0 Å². The number of aromatic nitrogens is 4. The number of imidazole rings is 1. The first-order chi connectivity index (χ1) is 9.22. The van der Waals surface area contributed by atoms with Crippen molar-refractivity contribution in [2.75, 3.05) is 11.1 Å². The summed E-state index contributed by atoms with van der Waals surface area (Å²) >= 11 is 0. The zero-order valence-corrected chi connectivity index (χ0v) is 9.96. The molecule has 3 aromatic rings. The van der Waals surface area contributed by atoms with Gasteiger partial charge in [-0.05, 0) is 17.7 Å². The van der Waals surface area contributed by atoms with Gasteiger partial charge in [-0.3, -0.25) is 0 Å². The molecule has 7 heteroatoms. The van der Waals surface area contributed by atoms with Crippen LogP contribution in [0.3, 0.4) is 0 Å². The Hall–Kier alpha value is -2.83. The number of nitrogens with zero attached hydrogens (tertiary/aromatic N) is 3. The van der Waals surface area contributed by atoms with E-state index in [1.165, 1.54) is 6.33 Å². The van der Waals surface area contributed by atoms with E-state index >= 15 is 0 Å². The quantitative estimate of drug-likeness (QED) is 0.561. The Labute approximate surface area is 108 Å². The predicted octanol–water partition coefficient (Wildman–Crippen LogP) is 1.25. The summed E-state index contributed by atoms with van der Waals surface area (Å²) in [6, 6.07) is 6.99. The average molecular weight is 256 g/mol. The second-order valence-electron chi connectivity index (χ2n) is 4.06. The van der Waals surface area contributed by atoms with E-state index in [9.17, 15) is 5.11 Å². The van der Waals surface area contributed by atoms with Gasteiger partial charge >= 0.3 is 0 Å². The standard InChI is InChI=1S/C12H12N6O/c13-12-17-10(9-11(18-12)16-6-15-9)14-5-7-2-1-3-8(19)4-7/h1-4,6,19H,5H2,(H4,13,14,15,16,17,18). The summed E-state index contributed by atoms with van der Waals surface area (Å²) in [6.07, 6.45) is 1.54. The zero-order valence-electron chi connectivity index (χ0n) is 9.96. The molecule has 0 atom stereocenters. The number of anilines is 2. The molecule has 0 saturated heterocycles. The van der Waals surface area contributed by atoms with Gasteiger partial charge in [0.15, 0.2) is 11.5 Å². The number of benzene rings is 1. The molecule has 19 heavy (non-hydrogen) atoms. The first-order valence-corrected chi connectivity index (χ1v) is 5.71. The van der Waals surface area contributed by atoms with Gasteiger partial charge in [-0.15, -0.1) is 0 Å². The molecule has 3 rings (SSSR count). The number of aromatic amines is 1. The number of nitrogen functional groups attached to an aromatic ring is 1. The lowest BCUT2D eigenvalue weighted by molar-refractivity contribution is 0.474. The minimum atomic E-state index is 0.165. The van der Waals surface area contributed by atoms with E-state index in [0.717, 1.165) is 5.56 Å². The number of phenols is 1. The lowest BCUT2D eigenvalue weighted by Crippen LogP contribution is -2.05. The highest BCUT2D eigenvalue weighted by Gasteiger charge is 2.08. The van der Waals surface area contributed by atoms with Gasteiger partial charge in [0, 0.05) is 6.54 Å². The van der Waals surface area contributed by atoms with Gasteiger partial charge in [0.05, 0.1) is 6.33 Å². The summed E-state index contributed by atoms with van der Waals surface area (Å²) in [5.41, 5.74) is 7.78. The summed E-state index contributed by atoms with van der Waals surface area (Å²) in [5, 5.41) is 12.5. The van der Waals surface area contributed by atoms with Crippen LogP contribution >= 0.6 is 0 Å². The maximum atomic E-state index is 9.40. The third-order valence-corrected chi connectivity index (χ3v) is 2.67. The SMILES string of the molecule is Nc1nc(NCc2cccc(O)c2)c2[nH]cnc2n1. The van der Waals surface area contributed by atoms with Crippen molar-refractivity contribution >= 4 is 22.9 Å². The van der Waals surface area contributed by atoms with Gasteiger partial charge < -0.3 is 21.1 Å². The van der Waals surface area contributed by atoms with Crippen LogP contribution in [0.15, 0.2) is 30.6 Å². The van der Waals surface area contributed by atoms with Crippen molar-refractivity contribution in [3.8, 4) is 5.75 Å². The number of aromatic hydroxyl groups is 1. The predicted molar refractivity (Wildman–Crippen MR) is 71.5 cm³/mol. The number of phenolic OH excluding ortho intramolecular Hbond substituents is 1. The van der Waals surface area contributed by atoms with Gasteiger partial charge in [-0.1, -0.05) is 12.1 Å². The van der Waals surface area contributed by atoms with Gasteiger partial charge in [0.2, 0.25) is 5.95 Å². The molecule has 0 fully saturated rings. The number of hydrogen-bond donors (Lipinski definition) is 4. The lowest BCUT2D eigenvalue weighted by Gasteiger charge is -2.07. The molecule has 2 heterocycles. The van der Waals surface area contributed by atoms with Crippen molar-refractivity contribution < 1.29 is 5.11 Å². The molecule has 0 aliphatic carbocycles. The minimum absolute atomic E-state index is 0.165. The van der Waals surface area contributed by atoms with E-state index in [-0.39, 0.29) is 11.7 Å². The molecule has 0 saturated carbocycles. The molecule has 0 radical (unpaired) electrons. The summed E-state index contributed by atoms with van der Waals surface area (Å²) in [5.74, 6) is 0.981. The average Bonchev–Trinajstić information content (AvgIpc) is 2.84. The minimum Gasteiger partial charge on any atom is -0.508 e. The van der Waals surface area contributed by atoms with E-state index in [4.69, 9.17) is 5.73 Å². The van der Waals surface area contributed by atoms with Crippen LogP contribution < -0.4 is 11.1 Å². The molecule has 0 bridgehead atoms. The number of rotatable bonds is 3. The Balaban J connectivity index is 1.87. The second kappa shape index (κ2) is 4.45. The van der Waals surface area contributed by atoms with Crippen molar-refractivity contribution in [1.82, 2.24) is 19.9 Å². The maximum Gasteiger partial charge on any atom is 0.224 e. The lowest BCUT2D eigenvalue weighted by atomic mass is 10.2. The van der Waals surface area contributed by atoms with Crippen molar-refractivity contribution in [2.24, 2.45) is 0 Å². The van der Waals surface area contributed by atoms with Gasteiger partial charge in [-0.2, -0.15) is 9.97 Å². The van der Waals surface area contributed by atoms with Crippen LogP contribution in [0.5, 0.6) is 5.75 Å². The summed E-state index contributed by atoms with van der Waals surface area (Å²) in [4.78, 5) is 15.1. The zero-order chi connectivity index (χ0) is 13.2. The molecule has 0 amide bonds. The van der Waals surface area contributed by atoms with E-state index < -0.39 is 0 Å². The molecular weight excluding hydrogens is 244 g/mol. The highest BCUT2D eigenvalue weighted by atomic mass is 16.3. The Kier molecular flexibility index (Phi) is 2.64. The van der Waals surface area contributed by atoms with E-state index in [1.54, 1.807) is 18.2 Å². The third kappa shape index (κ3) is 2.25. The Morgan fingerprint density at radius 1 is 1.32 bits per heavy atom. The molecule has 0 aliphatic rings. The van der Waals surface area contributed by atoms with Gasteiger partial charge in [0.1, 0.15) is 11.3 Å². The van der Waals surface area contributed by atoms with E-state index in [0.29, 0.717) is 23.5 Å². The van der Waals surface area contributed by atoms with Crippen LogP contribution in [-0.2, 0) is 6.54 Å². The van der Waals surface area contributed by atoms with Crippen LogP contribution in [0.1, 0.15) is 5.56 Å². The van der Waals surface area contributed by atoms with Crippen molar-refractivity contribution in [2.45, 2.75) is 6.54 Å². The molecule has 1 aromatic carbocycles. The summed E-state index contributed by atoms with van der Waals surface area (Å²) in [6.45, 7) is 0.513.